The van der Waals surface area contributed by atoms with E-state index in [0.717, 1.165) is 12.0 Å². The maximum Gasteiger partial charge on any atom is 0.126 e. The molecule has 0 amide bonds. The maximum atomic E-state index is 13.2. The lowest BCUT2D eigenvalue weighted by molar-refractivity contribution is 0.252. The summed E-state index contributed by atoms with van der Waals surface area (Å²) in [5.74, 6) is 0.874. The molecule has 2 atom stereocenters. The van der Waals surface area contributed by atoms with Gasteiger partial charge >= 0.3 is 0 Å². The molecule has 0 heterocycles. The molecule has 0 saturated carbocycles. The molecule has 2 nitrogen and oxygen atoms in total. The summed E-state index contributed by atoms with van der Waals surface area (Å²) in [6.45, 7) is 6.91. The van der Waals surface area contributed by atoms with E-state index in [2.05, 4.69) is 19.2 Å². The Kier molecular flexibility index (Phi) is 5.42. The standard InChI is InChI=1S/C14H22FNO/c1-5-10(2)9-17-14-8-12(15)6-7-13(14)11(3)16-4/h6-8,10-11,16H,5,9H2,1-4H3. The monoisotopic (exact) mass is 239 g/mol. The summed E-state index contributed by atoms with van der Waals surface area (Å²) in [6.07, 6.45) is 1.06. The number of hydrogen-bond donors (Lipinski definition) is 1. The van der Waals surface area contributed by atoms with Crippen LogP contribution in [0.5, 0.6) is 5.75 Å². The van der Waals surface area contributed by atoms with Crippen LogP contribution < -0.4 is 10.1 Å². The number of nitrogens with one attached hydrogen (secondary N) is 1. The highest BCUT2D eigenvalue weighted by molar-refractivity contribution is 5.36. The van der Waals surface area contributed by atoms with E-state index in [1.165, 1.54) is 12.1 Å². The smallest absolute Gasteiger partial charge is 0.126 e. The SMILES string of the molecule is CCC(C)COc1cc(F)ccc1C(C)NC. The highest BCUT2D eigenvalue weighted by Gasteiger charge is 2.12. The fourth-order valence-electron chi connectivity index (χ4n) is 1.50. The van der Waals surface area contributed by atoms with Crippen molar-refractivity contribution < 1.29 is 9.13 Å². The third-order valence-corrected chi connectivity index (χ3v) is 3.10. The summed E-state index contributed by atoms with van der Waals surface area (Å²) in [5, 5.41) is 3.14. The molecule has 0 bridgehead atoms. The molecule has 0 aliphatic carbocycles. The Bertz CT molecular complexity index is 354. The Morgan fingerprint density at radius 3 is 2.65 bits per heavy atom. The van der Waals surface area contributed by atoms with Gasteiger partial charge in [-0.05, 0) is 26.0 Å². The van der Waals surface area contributed by atoms with E-state index < -0.39 is 0 Å². The van der Waals surface area contributed by atoms with Crippen LogP contribution in [0.15, 0.2) is 18.2 Å². The van der Waals surface area contributed by atoms with Crippen molar-refractivity contribution in [3.05, 3.63) is 29.6 Å². The molecule has 17 heavy (non-hydrogen) atoms. The predicted octanol–water partition coefficient (Wildman–Crippen LogP) is 3.53. The molecule has 0 spiro atoms. The second-order valence-corrected chi connectivity index (χ2v) is 4.52. The van der Waals surface area contributed by atoms with Crippen molar-refractivity contribution in [1.82, 2.24) is 5.32 Å². The normalized spacial score (nSPS) is 14.4. The lowest BCUT2D eigenvalue weighted by Gasteiger charge is -2.18. The summed E-state index contributed by atoms with van der Waals surface area (Å²) in [5.41, 5.74) is 0.997. The van der Waals surface area contributed by atoms with Crippen molar-refractivity contribution in [3.63, 3.8) is 0 Å². The molecule has 0 aromatic heterocycles. The molecular weight excluding hydrogens is 217 g/mol. The molecule has 0 radical (unpaired) electrons. The lowest BCUT2D eigenvalue weighted by atomic mass is 10.1. The summed E-state index contributed by atoms with van der Waals surface area (Å²) < 4.78 is 18.9. The van der Waals surface area contributed by atoms with Crippen LogP contribution in [0.1, 0.15) is 38.8 Å². The van der Waals surface area contributed by atoms with Crippen molar-refractivity contribution in [2.75, 3.05) is 13.7 Å². The minimum Gasteiger partial charge on any atom is -0.493 e. The van der Waals surface area contributed by atoms with Crippen LogP contribution in [0.2, 0.25) is 0 Å². The summed E-state index contributed by atoms with van der Waals surface area (Å²) in [7, 11) is 1.88. The Labute approximate surface area is 103 Å². The first-order valence-electron chi connectivity index (χ1n) is 6.18. The molecule has 0 aliphatic heterocycles. The minimum atomic E-state index is -0.254. The van der Waals surface area contributed by atoms with Gasteiger partial charge in [0.1, 0.15) is 11.6 Å². The Morgan fingerprint density at radius 1 is 1.35 bits per heavy atom. The lowest BCUT2D eigenvalue weighted by Crippen LogP contribution is -2.15. The van der Waals surface area contributed by atoms with E-state index in [1.54, 1.807) is 6.07 Å². The van der Waals surface area contributed by atoms with Crippen LogP contribution in [0.3, 0.4) is 0 Å². The molecule has 1 aromatic carbocycles. The topological polar surface area (TPSA) is 21.3 Å². The Hall–Kier alpha value is -1.09. The molecule has 0 saturated heterocycles. The summed E-state index contributed by atoms with van der Waals surface area (Å²) in [6, 6.07) is 4.87. The Balaban J connectivity index is 2.83. The van der Waals surface area contributed by atoms with Crippen LogP contribution in [0, 0.1) is 11.7 Å². The summed E-state index contributed by atoms with van der Waals surface area (Å²) in [4.78, 5) is 0. The van der Waals surface area contributed by atoms with Gasteiger partial charge in [0.25, 0.3) is 0 Å². The van der Waals surface area contributed by atoms with Gasteiger partial charge in [-0.1, -0.05) is 26.3 Å². The van der Waals surface area contributed by atoms with Gasteiger partial charge in [0.15, 0.2) is 0 Å². The summed E-state index contributed by atoms with van der Waals surface area (Å²) >= 11 is 0. The molecule has 0 fully saturated rings. The number of halogens is 1. The molecule has 0 aliphatic rings. The molecular formula is C14H22FNO. The first kappa shape index (κ1) is 14.0. The number of rotatable bonds is 6. The second-order valence-electron chi connectivity index (χ2n) is 4.52. The molecule has 1 rings (SSSR count). The van der Waals surface area contributed by atoms with Gasteiger partial charge in [-0.3, -0.25) is 0 Å². The van der Waals surface area contributed by atoms with Crippen molar-refractivity contribution in [2.45, 2.75) is 33.2 Å². The zero-order valence-corrected chi connectivity index (χ0v) is 11.1. The van der Waals surface area contributed by atoms with E-state index in [0.29, 0.717) is 18.3 Å². The van der Waals surface area contributed by atoms with Crippen molar-refractivity contribution in [3.8, 4) is 5.75 Å². The largest absolute Gasteiger partial charge is 0.493 e. The molecule has 1 aromatic rings. The highest BCUT2D eigenvalue weighted by Crippen LogP contribution is 2.26. The van der Waals surface area contributed by atoms with Gasteiger partial charge in [0.05, 0.1) is 6.61 Å². The maximum absolute atomic E-state index is 13.2. The fraction of sp³-hybridized carbons (Fsp3) is 0.571. The van der Waals surface area contributed by atoms with E-state index in [1.807, 2.05) is 14.0 Å². The van der Waals surface area contributed by atoms with Crippen molar-refractivity contribution in [1.29, 1.82) is 0 Å². The first-order chi connectivity index (χ1) is 8.08. The van der Waals surface area contributed by atoms with Crippen LogP contribution in [0.25, 0.3) is 0 Å². The van der Waals surface area contributed by atoms with Gasteiger partial charge in [0, 0.05) is 17.7 Å². The van der Waals surface area contributed by atoms with Gasteiger partial charge in [-0.2, -0.15) is 0 Å². The van der Waals surface area contributed by atoms with E-state index in [9.17, 15) is 4.39 Å². The molecule has 96 valence electrons. The zero-order valence-electron chi connectivity index (χ0n) is 11.1. The van der Waals surface area contributed by atoms with Gasteiger partial charge in [-0.15, -0.1) is 0 Å². The van der Waals surface area contributed by atoms with E-state index >= 15 is 0 Å². The molecule has 2 unspecified atom stereocenters. The van der Waals surface area contributed by atoms with Crippen molar-refractivity contribution in [2.24, 2.45) is 5.92 Å². The van der Waals surface area contributed by atoms with Gasteiger partial charge in [-0.25, -0.2) is 4.39 Å². The average Bonchev–Trinajstić information content (AvgIpc) is 2.35. The minimum absolute atomic E-state index is 0.155. The van der Waals surface area contributed by atoms with Crippen LogP contribution in [0.4, 0.5) is 4.39 Å². The number of benzene rings is 1. The van der Waals surface area contributed by atoms with Crippen LogP contribution in [-0.4, -0.2) is 13.7 Å². The zero-order chi connectivity index (χ0) is 12.8. The molecule has 1 N–H and O–H groups in total. The fourth-order valence-corrected chi connectivity index (χ4v) is 1.50. The van der Waals surface area contributed by atoms with Gasteiger partial charge in [0.2, 0.25) is 0 Å². The van der Waals surface area contributed by atoms with Crippen LogP contribution >= 0.6 is 0 Å². The van der Waals surface area contributed by atoms with Gasteiger partial charge < -0.3 is 10.1 Å². The second kappa shape index (κ2) is 6.60. The average molecular weight is 239 g/mol. The number of hydrogen-bond acceptors (Lipinski definition) is 2. The quantitative estimate of drug-likeness (QED) is 0.820. The third-order valence-electron chi connectivity index (χ3n) is 3.10. The molecule has 3 heteroatoms. The third kappa shape index (κ3) is 4.00. The predicted molar refractivity (Wildman–Crippen MR) is 68.8 cm³/mol. The van der Waals surface area contributed by atoms with Crippen molar-refractivity contribution >= 4 is 0 Å². The highest BCUT2D eigenvalue weighted by atomic mass is 19.1. The van der Waals surface area contributed by atoms with E-state index in [4.69, 9.17) is 4.74 Å². The Morgan fingerprint density at radius 2 is 2.06 bits per heavy atom. The van der Waals surface area contributed by atoms with Crippen LogP contribution in [-0.2, 0) is 0 Å². The first-order valence-corrected chi connectivity index (χ1v) is 6.18. The van der Waals surface area contributed by atoms with E-state index in [-0.39, 0.29) is 11.9 Å². The number of ether oxygens (including phenoxy) is 1.